The first-order chi connectivity index (χ1) is 14.2. The standard InChI is InChI=1S/C24H32N2O3/c27-23(25-19-12-6-1-2-7-13-19)17-26-20-14-8-9-15-21(20)29-22(24(26)28)16-18-10-4-3-5-11-18/h3-5,10-11,16,19-21H,1-2,6-9,12-15,17H2,(H,25,27)/b22-16+. The predicted octanol–water partition coefficient (Wildman–Crippen LogP) is 4.04. The van der Waals surface area contributed by atoms with Crippen molar-refractivity contribution in [3.05, 3.63) is 41.7 Å². The van der Waals surface area contributed by atoms with E-state index in [1.165, 1.54) is 25.7 Å². The molecule has 2 amide bonds. The number of fused-ring (bicyclic) bond motifs is 1. The van der Waals surface area contributed by atoms with Crippen LogP contribution in [0.5, 0.6) is 0 Å². The van der Waals surface area contributed by atoms with Crippen molar-refractivity contribution < 1.29 is 14.3 Å². The number of rotatable bonds is 4. The fourth-order valence-electron chi connectivity index (χ4n) is 4.91. The highest BCUT2D eigenvalue weighted by atomic mass is 16.5. The molecular formula is C24H32N2O3. The van der Waals surface area contributed by atoms with Gasteiger partial charge >= 0.3 is 0 Å². The number of nitrogens with one attached hydrogen (secondary N) is 1. The van der Waals surface area contributed by atoms with E-state index in [0.29, 0.717) is 5.76 Å². The zero-order valence-electron chi connectivity index (χ0n) is 17.1. The molecule has 5 nitrogen and oxygen atoms in total. The second-order valence-electron chi connectivity index (χ2n) is 8.62. The number of carbonyl (C=O) groups is 2. The van der Waals surface area contributed by atoms with Crippen LogP contribution in [0.4, 0.5) is 0 Å². The lowest BCUT2D eigenvalue weighted by molar-refractivity contribution is -0.152. The molecule has 2 saturated carbocycles. The number of benzene rings is 1. The Morgan fingerprint density at radius 1 is 1.00 bits per heavy atom. The summed E-state index contributed by atoms with van der Waals surface area (Å²) in [5.41, 5.74) is 0.938. The normalized spacial score (nSPS) is 27.1. The number of hydrogen-bond acceptors (Lipinski definition) is 3. The maximum Gasteiger partial charge on any atom is 0.289 e. The van der Waals surface area contributed by atoms with E-state index in [0.717, 1.165) is 44.1 Å². The van der Waals surface area contributed by atoms with E-state index >= 15 is 0 Å². The summed E-state index contributed by atoms with van der Waals surface area (Å²) in [5.74, 6) is 0.171. The smallest absolute Gasteiger partial charge is 0.289 e. The average molecular weight is 397 g/mol. The SMILES string of the molecule is O=C(CN1C(=O)/C(=C\c2ccccc2)OC2CCCCC21)NC1CCCCCC1. The first-order valence-electron chi connectivity index (χ1n) is 11.2. The van der Waals surface area contributed by atoms with Crippen molar-refractivity contribution in [3.63, 3.8) is 0 Å². The van der Waals surface area contributed by atoms with Crippen LogP contribution in [0.25, 0.3) is 6.08 Å². The molecule has 3 fully saturated rings. The molecule has 0 bridgehead atoms. The van der Waals surface area contributed by atoms with Gasteiger partial charge in [-0.15, -0.1) is 0 Å². The molecule has 2 atom stereocenters. The molecule has 156 valence electrons. The van der Waals surface area contributed by atoms with Gasteiger partial charge in [0.1, 0.15) is 12.6 Å². The van der Waals surface area contributed by atoms with Gasteiger partial charge < -0.3 is 15.0 Å². The number of nitrogens with zero attached hydrogens (tertiary/aromatic N) is 1. The Labute approximate surface area is 173 Å². The molecule has 5 heteroatoms. The topological polar surface area (TPSA) is 58.6 Å². The van der Waals surface area contributed by atoms with Crippen LogP contribution in [0, 0.1) is 0 Å². The fourth-order valence-corrected chi connectivity index (χ4v) is 4.91. The van der Waals surface area contributed by atoms with Crippen LogP contribution in [0.15, 0.2) is 36.1 Å². The lowest BCUT2D eigenvalue weighted by Crippen LogP contribution is -2.57. The molecule has 29 heavy (non-hydrogen) atoms. The van der Waals surface area contributed by atoms with E-state index in [4.69, 9.17) is 4.74 Å². The summed E-state index contributed by atoms with van der Waals surface area (Å²) in [7, 11) is 0. The lowest BCUT2D eigenvalue weighted by Gasteiger charge is -2.44. The largest absolute Gasteiger partial charge is 0.482 e. The number of hydrogen-bond donors (Lipinski definition) is 1. The summed E-state index contributed by atoms with van der Waals surface area (Å²) in [4.78, 5) is 27.8. The molecule has 0 radical (unpaired) electrons. The first kappa shape index (κ1) is 20.0. The Kier molecular flexibility index (Phi) is 6.53. The molecule has 2 unspecified atom stereocenters. The molecule has 1 aromatic rings. The monoisotopic (exact) mass is 396 g/mol. The third-order valence-corrected chi connectivity index (χ3v) is 6.45. The zero-order chi connectivity index (χ0) is 20.1. The molecule has 1 aliphatic heterocycles. The molecule has 0 spiro atoms. The highest BCUT2D eigenvalue weighted by molar-refractivity contribution is 5.98. The number of carbonyl (C=O) groups excluding carboxylic acids is 2. The minimum absolute atomic E-state index is 0.00376. The second kappa shape index (κ2) is 9.47. The van der Waals surface area contributed by atoms with Gasteiger partial charge in [0.25, 0.3) is 5.91 Å². The quantitative estimate of drug-likeness (QED) is 0.617. The minimum atomic E-state index is -0.159. The Morgan fingerprint density at radius 2 is 1.69 bits per heavy atom. The van der Waals surface area contributed by atoms with Crippen molar-refractivity contribution in [2.24, 2.45) is 0 Å². The van der Waals surface area contributed by atoms with Crippen molar-refractivity contribution in [1.82, 2.24) is 10.2 Å². The molecule has 2 aliphatic carbocycles. The predicted molar refractivity (Wildman–Crippen MR) is 113 cm³/mol. The molecule has 4 rings (SSSR count). The maximum absolute atomic E-state index is 13.2. The molecule has 0 aromatic heterocycles. The maximum atomic E-state index is 13.2. The van der Waals surface area contributed by atoms with Gasteiger partial charge in [0.2, 0.25) is 5.91 Å². The van der Waals surface area contributed by atoms with E-state index in [2.05, 4.69) is 5.32 Å². The Balaban J connectivity index is 1.48. The summed E-state index contributed by atoms with van der Waals surface area (Å²) in [6.45, 7) is 0.131. The zero-order valence-corrected chi connectivity index (χ0v) is 17.1. The van der Waals surface area contributed by atoms with E-state index in [-0.39, 0.29) is 36.5 Å². The highest BCUT2D eigenvalue weighted by Crippen LogP contribution is 2.33. The van der Waals surface area contributed by atoms with Crippen LogP contribution in [0.2, 0.25) is 0 Å². The van der Waals surface area contributed by atoms with Crippen molar-refractivity contribution in [3.8, 4) is 0 Å². The highest BCUT2D eigenvalue weighted by Gasteiger charge is 2.42. The van der Waals surface area contributed by atoms with E-state index in [9.17, 15) is 9.59 Å². The molecular weight excluding hydrogens is 364 g/mol. The van der Waals surface area contributed by atoms with Gasteiger partial charge in [0.15, 0.2) is 5.76 Å². The van der Waals surface area contributed by atoms with Gasteiger partial charge in [-0.2, -0.15) is 0 Å². The molecule has 1 aromatic carbocycles. The van der Waals surface area contributed by atoms with Gasteiger partial charge in [-0.3, -0.25) is 9.59 Å². The van der Waals surface area contributed by atoms with Crippen LogP contribution in [-0.4, -0.2) is 41.4 Å². The van der Waals surface area contributed by atoms with Crippen LogP contribution in [0.1, 0.15) is 69.8 Å². The van der Waals surface area contributed by atoms with Gasteiger partial charge in [0.05, 0.1) is 6.04 Å². The van der Waals surface area contributed by atoms with Gasteiger partial charge in [-0.05, 0) is 43.7 Å². The number of morpholine rings is 1. The van der Waals surface area contributed by atoms with Crippen molar-refractivity contribution in [1.29, 1.82) is 0 Å². The third-order valence-electron chi connectivity index (χ3n) is 6.45. The van der Waals surface area contributed by atoms with Crippen molar-refractivity contribution in [2.45, 2.75) is 82.4 Å². The summed E-state index contributed by atoms with van der Waals surface area (Å²) >= 11 is 0. The third kappa shape index (κ3) is 5.01. The van der Waals surface area contributed by atoms with Gasteiger partial charge in [0, 0.05) is 6.04 Å². The van der Waals surface area contributed by atoms with Crippen molar-refractivity contribution in [2.75, 3.05) is 6.54 Å². The van der Waals surface area contributed by atoms with Crippen LogP contribution in [0.3, 0.4) is 0 Å². The first-order valence-corrected chi connectivity index (χ1v) is 11.2. The molecule has 1 N–H and O–H groups in total. The molecule has 3 aliphatic rings. The summed E-state index contributed by atoms with van der Waals surface area (Å²) < 4.78 is 6.12. The van der Waals surface area contributed by atoms with Crippen molar-refractivity contribution >= 4 is 17.9 Å². The Hall–Kier alpha value is -2.30. The van der Waals surface area contributed by atoms with Gasteiger partial charge in [-0.1, -0.05) is 62.4 Å². The minimum Gasteiger partial charge on any atom is -0.482 e. The van der Waals surface area contributed by atoms with E-state index in [1.54, 1.807) is 4.90 Å². The summed E-state index contributed by atoms with van der Waals surface area (Å²) in [6.07, 6.45) is 12.8. The Bertz CT molecular complexity index is 738. The number of ether oxygens (including phenoxy) is 1. The summed E-state index contributed by atoms with van der Waals surface area (Å²) in [5, 5.41) is 3.19. The van der Waals surface area contributed by atoms with Crippen LogP contribution >= 0.6 is 0 Å². The fraction of sp³-hybridized carbons (Fsp3) is 0.583. The summed E-state index contributed by atoms with van der Waals surface area (Å²) in [6, 6.07) is 10.0. The van der Waals surface area contributed by atoms with Crippen LogP contribution < -0.4 is 5.32 Å². The van der Waals surface area contributed by atoms with Crippen LogP contribution in [-0.2, 0) is 14.3 Å². The van der Waals surface area contributed by atoms with Gasteiger partial charge in [-0.25, -0.2) is 0 Å². The second-order valence-corrected chi connectivity index (χ2v) is 8.62. The lowest BCUT2D eigenvalue weighted by atomic mass is 9.89. The average Bonchev–Trinajstić information content (AvgIpc) is 3.00. The molecule has 1 heterocycles. The molecule has 1 saturated heterocycles. The van der Waals surface area contributed by atoms with E-state index in [1.807, 2.05) is 36.4 Å². The number of amides is 2. The van der Waals surface area contributed by atoms with E-state index < -0.39 is 0 Å². The Morgan fingerprint density at radius 3 is 2.45 bits per heavy atom.